The molecule has 3 aromatic carbocycles. The van der Waals surface area contributed by atoms with E-state index < -0.39 is 36.5 Å². The molecule has 8 nitrogen and oxygen atoms in total. The van der Waals surface area contributed by atoms with E-state index in [9.17, 15) is 18.4 Å². The molecule has 3 aliphatic heterocycles. The largest absolute Gasteiger partial charge is 0.487 e. The molecule has 3 aliphatic rings. The summed E-state index contributed by atoms with van der Waals surface area (Å²) in [6.07, 6.45) is 0.258. The number of alkyl halides is 2. The van der Waals surface area contributed by atoms with Gasteiger partial charge in [-0.25, -0.2) is 14.0 Å². The number of esters is 2. The van der Waals surface area contributed by atoms with Gasteiger partial charge < -0.3 is 18.9 Å². The number of benzene rings is 3. The van der Waals surface area contributed by atoms with Crippen LogP contribution < -0.4 is 14.8 Å². The third-order valence-electron chi connectivity index (χ3n) is 9.29. The molecule has 6 rings (SSSR count). The van der Waals surface area contributed by atoms with Crippen molar-refractivity contribution in [3.8, 4) is 11.5 Å². The predicted octanol–water partition coefficient (Wildman–Crippen LogP) is 9.24. The van der Waals surface area contributed by atoms with E-state index in [-0.39, 0.29) is 58.7 Å². The molecule has 3 aromatic rings. The number of carbonyl (C=O) groups is 2. The average molecular weight is 776 g/mol. The van der Waals surface area contributed by atoms with Crippen LogP contribution in [0.15, 0.2) is 88.9 Å². The summed E-state index contributed by atoms with van der Waals surface area (Å²) in [5, 5.41) is 3.61. The lowest BCUT2D eigenvalue weighted by Gasteiger charge is -2.44. The second-order valence-electron chi connectivity index (χ2n) is 13.4. The first-order valence-corrected chi connectivity index (χ1v) is 18.2. The third kappa shape index (κ3) is 10.8. The lowest BCUT2D eigenvalue weighted by molar-refractivity contribution is -0.161. The second kappa shape index (κ2) is 18.3. The van der Waals surface area contributed by atoms with Crippen LogP contribution in [0, 0.1) is 11.7 Å². The average Bonchev–Trinajstić information content (AvgIpc) is 3.11. The Labute approximate surface area is 317 Å². The molecule has 1 N–H and O–H groups in total. The van der Waals surface area contributed by atoms with E-state index in [0.717, 1.165) is 25.9 Å². The number of nitrogens with one attached hydrogen (secondary N) is 1. The predicted molar refractivity (Wildman–Crippen MR) is 197 cm³/mol. The molecule has 53 heavy (non-hydrogen) atoms. The minimum atomic E-state index is -3.09. The van der Waals surface area contributed by atoms with Crippen LogP contribution in [0.5, 0.6) is 11.5 Å². The van der Waals surface area contributed by atoms with Crippen LogP contribution in [0.4, 0.5) is 13.2 Å². The number of hydrogen-bond acceptors (Lipinski definition) is 8. The van der Waals surface area contributed by atoms with E-state index in [1.165, 1.54) is 24.3 Å². The number of allylic oxidation sites excluding steroid dienone is 2. The van der Waals surface area contributed by atoms with Gasteiger partial charge in [-0.3, -0.25) is 10.2 Å². The molecule has 0 radical (unpaired) electrons. The first kappa shape index (κ1) is 40.2. The summed E-state index contributed by atoms with van der Waals surface area (Å²) in [5.74, 6) is -1.71. The Hall–Kier alpha value is -4.03. The van der Waals surface area contributed by atoms with E-state index in [1.807, 2.05) is 0 Å². The Balaban J connectivity index is 1.37. The number of hydrogen-bond donors (Lipinski definition) is 1. The molecule has 2 bridgehead atoms. The summed E-state index contributed by atoms with van der Waals surface area (Å²) in [6.45, 7) is 8.48. The van der Waals surface area contributed by atoms with Crippen LogP contribution in [0.1, 0.15) is 79.2 Å². The van der Waals surface area contributed by atoms with Gasteiger partial charge in [0.1, 0.15) is 24.1 Å². The number of halogens is 5. The van der Waals surface area contributed by atoms with Gasteiger partial charge in [-0.15, -0.1) is 0 Å². The quantitative estimate of drug-likeness (QED) is 0.114. The molecule has 0 amide bonds. The maximum absolute atomic E-state index is 15.0. The van der Waals surface area contributed by atoms with Crippen molar-refractivity contribution in [3.05, 3.63) is 117 Å². The number of nitrogens with zero attached hydrogens (tertiary/aromatic N) is 1. The fourth-order valence-electron chi connectivity index (χ4n) is 6.63. The Kier molecular flexibility index (Phi) is 13.9. The van der Waals surface area contributed by atoms with Crippen molar-refractivity contribution < 1.29 is 41.7 Å². The summed E-state index contributed by atoms with van der Waals surface area (Å²) in [6, 6.07) is 15.8. The molecule has 3 atom stereocenters. The van der Waals surface area contributed by atoms with Gasteiger partial charge in [-0.1, -0.05) is 66.2 Å². The zero-order chi connectivity index (χ0) is 38.2. The van der Waals surface area contributed by atoms with Crippen molar-refractivity contribution in [2.75, 3.05) is 19.6 Å². The molecular formula is C40H43Cl2F3N2O6. The zero-order valence-electron chi connectivity index (χ0n) is 29.8. The van der Waals surface area contributed by atoms with Crippen molar-refractivity contribution >= 4 is 35.1 Å². The second-order valence-corrected chi connectivity index (χ2v) is 14.4. The zero-order valence-corrected chi connectivity index (χ0v) is 31.3. The van der Waals surface area contributed by atoms with E-state index in [2.05, 4.69) is 21.5 Å². The van der Waals surface area contributed by atoms with Crippen LogP contribution in [0.3, 0.4) is 0 Å². The lowest BCUT2D eigenvalue weighted by atomic mass is 9.86. The van der Waals surface area contributed by atoms with Gasteiger partial charge in [-0.05, 0) is 99.7 Å². The SMILES string of the molecule is C=C(Cl)/C(C[C@H](OC(=O)c1cccc(CNC(C(=O)O[C@H]2CN3CCC2CC3)c2ccccc2F)c1)c1ccc(OC(F)F)c(OC(C)C)c1)=C(\C)Cl. The molecule has 284 valence electrons. The van der Waals surface area contributed by atoms with Crippen molar-refractivity contribution in [2.24, 2.45) is 5.92 Å². The molecule has 3 fully saturated rings. The third-order valence-corrected chi connectivity index (χ3v) is 9.75. The number of fused-ring (bicyclic) bond motifs is 3. The summed E-state index contributed by atoms with van der Waals surface area (Å²) in [5.41, 5.74) is 1.77. The highest BCUT2D eigenvalue weighted by atomic mass is 35.5. The van der Waals surface area contributed by atoms with Gasteiger partial charge in [0.05, 0.1) is 11.7 Å². The van der Waals surface area contributed by atoms with Crippen molar-refractivity contribution in [2.45, 2.75) is 77.5 Å². The van der Waals surface area contributed by atoms with Gasteiger partial charge in [0.2, 0.25) is 0 Å². The topological polar surface area (TPSA) is 86.3 Å². The Morgan fingerprint density at radius 3 is 2.34 bits per heavy atom. The first-order valence-electron chi connectivity index (χ1n) is 17.4. The lowest BCUT2D eigenvalue weighted by Crippen LogP contribution is -2.52. The van der Waals surface area contributed by atoms with Crippen LogP contribution in [0.2, 0.25) is 0 Å². The molecular weight excluding hydrogens is 732 g/mol. The highest BCUT2D eigenvalue weighted by Crippen LogP contribution is 2.38. The van der Waals surface area contributed by atoms with Crippen molar-refractivity contribution in [1.29, 1.82) is 0 Å². The maximum Gasteiger partial charge on any atom is 0.387 e. The fraction of sp³-hybridized carbons (Fsp3) is 0.400. The number of ether oxygens (including phenoxy) is 4. The molecule has 3 saturated heterocycles. The van der Waals surface area contributed by atoms with E-state index in [4.69, 9.17) is 37.4 Å². The molecule has 0 spiro atoms. The minimum Gasteiger partial charge on any atom is -0.487 e. The highest BCUT2D eigenvalue weighted by molar-refractivity contribution is 6.35. The maximum atomic E-state index is 15.0. The summed E-state index contributed by atoms with van der Waals surface area (Å²) in [4.78, 5) is 29.6. The van der Waals surface area contributed by atoms with E-state index in [1.54, 1.807) is 63.2 Å². The van der Waals surface area contributed by atoms with Crippen LogP contribution in [-0.2, 0) is 20.8 Å². The highest BCUT2D eigenvalue weighted by Gasteiger charge is 2.38. The normalized spacial score (nSPS) is 19.7. The molecule has 0 saturated carbocycles. The molecule has 0 aliphatic carbocycles. The number of rotatable bonds is 16. The standard InChI is InChI=1S/C40H43Cl2F3N2O6/c1-23(2)50-35-19-28(12-13-33(35)53-40(44)45)34(20-31(24(3)41)25(4)42)51-38(48)29-9-7-8-26(18-29)21-46-37(30-10-5-6-11-32(30)43)39(49)52-36-22-47-16-14-27(36)15-17-47/h5-13,18-19,23,27,34,36-37,40,46H,3,14-17,20-22H2,1-2,4H3/b31-25+/t34-,36-,37?/m0/s1. The molecule has 1 unspecified atom stereocenters. The van der Waals surface area contributed by atoms with Crippen LogP contribution in [-0.4, -0.2) is 55.3 Å². The summed E-state index contributed by atoms with van der Waals surface area (Å²) < 4.78 is 63.8. The van der Waals surface area contributed by atoms with Crippen LogP contribution >= 0.6 is 23.2 Å². The number of carbonyl (C=O) groups excluding carboxylic acids is 2. The van der Waals surface area contributed by atoms with Gasteiger partial charge in [-0.2, -0.15) is 8.78 Å². The molecule has 0 aromatic heterocycles. The van der Waals surface area contributed by atoms with Gasteiger partial charge in [0, 0.05) is 35.1 Å². The van der Waals surface area contributed by atoms with E-state index in [0.29, 0.717) is 28.3 Å². The fourth-order valence-corrected chi connectivity index (χ4v) is 7.09. The Bertz CT molecular complexity index is 1810. The van der Waals surface area contributed by atoms with E-state index >= 15 is 4.39 Å². The van der Waals surface area contributed by atoms with Crippen LogP contribution in [0.25, 0.3) is 0 Å². The van der Waals surface area contributed by atoms with Crippen molar-refractivity contribution in [3.63, 3.8) is 0 Å². The first-order chi connectivity index (χ1) is 25.3. The van der Waals surface area contributed by atoms with Gasteiger partial charge in [0.15, 0.2) is 11.5 Å². The Morgan fingerprint density at radius 1 is 0.981 bits per heavy atom. The molecule has 3 heterocycles. The van der Waals surface area contributed by atoms with Crippen molar-refractivity contribution in [1.82, 2.24) is 10.2 Å². The molecule has 13 heteroatoms. The summed E-state index contributed by atoms with van der Waals surface area (Å²) >= 11 is 12.6. The number of piperidine rings is 3. The smallest absolute Gasteiger partial charge is 0.387 e. The van der Waals surface area contributed by atoms with Gasteiger partial charge >= 0.3 is 18.6 Å². The Morgan fingerprint density at radius 2 is 1.72 bits per heavy atom. The summed E-state index contributed by atoms with van der Waals surface area (Å²) in [7, 11) is 0. The van der Waals surface area contributed by atoms with Gasteiger partial charge in [0.25, 0.3) is 0 Å². The minimum absolute atomic E-state index is 0.00681. The monoisotopic (exact) mass is 774 g/mol.